The number of carbonyl (C=O) groups excluding carboxylic acids is 1. The third kappa shape index (κ3) is 6.74. The first-order chi connectivity index (χ1) is 19.9. The molecule has 0 radical (unpaired) electrons. The summed E-state index contributed by atoms with van der Waals surface area (Å²) in [6, 6.07) is 13.2. The minimum absolute atomic E-state index is 0.00309. The van der Waals surface area contributed by atoms with E-state index < -0.39 is 0 Å². The zero-order valence-electron chi connectivity index (χ0n) is 23.9. The lowest BCUT2D eigenvalue weighted by Gasteiger charge is -2.31. The summed E-state index contributed by atoms with van der Waals surface area (Å²) in [7, 11) is 1.63. The summed E-state index contributed by atoms with van der Waals surface area (Å²) < 4.78 is 12.4. The van der Waals surface area contributed by atoms with Gasteiger partial charge in [-0.05, 0) is 60.1 Å². The van der Waals surface area contributed by atoms with Crippen molar-refractivity contribution in [3.63, 3.8) is 0 Å². The number of aromatic hydroxyl groups is 1. The van der Waals surface area contributed by atoms with Crippen LogP contribution in [0.25, 0.3) is 0 Å². The molecule has 1 atom stereocenters. The number of hydrogen-bond acceptors (Lipinski definition) is 7. The molecule has 1 amide bonds. The van der Waals surface area contributed by atoms with E-state index in [-0.39, 0.29) is 17.6 Å². The van der Waals surface area contributed by atoms with Crippen LogP contribution in [0.2, 0.25) is 0 Å². The van der Waals surface area contributed by atoms with Crippen LogP contribution < -0.4 is 9.64 Å². The molecule has 1 aliphatic rings. The highest BCUT2D eigenvalue weighted by Crippen LogP contribution is 2.38. The van der Waals surface area contributed by atoms with E-state index in [0.29, 0.717) is 38.1 Å². The van der Waals surface area contributed by atoms with Crippen molar-refractivity contribution in [3.05, 3.63) is 95.2 Å². The van der Waals surface area contributed by atoms with Crippen LogP contribution in [0.3, 0.4) is 0 Å². The number of rotatable bonds is 11. The van der Waals surface area contributed by atoms with Gasteiger partial charge in [-0.15, -0.1) is 0 Å². The summed E-state index contributed by atoms with van der Waals surface area (Å²) in [5, 5.41) is 15.0. The van der Waals surface area contributed by atoms with Crippen LogP contribution in [0.15, 0.2) is 67.3 Å². The number of aromatic nitrogens is 4. The molecule has 1 N–H and O–H groups in total. The van der Waals surface area contributed by atoms with Gasteiger partial charge >= 0.3 is 0 Å². The van der Waals surface area contributed by atoms with E-state index in [1.807, 2.05) is 47.3 Å². The molecule has 1 aliphatic carbocycles. The van der Waals surface area contributed by atoms with Crippen LogP contribution in [-0.4, -0.2) is 51.1 Å². The number of fused-ring (bicyclic) bond motifs is 1. The Morgan fingerprint density at radius 1 is 1.07 bits per heavy atom. The summed E-state index contributed by atoms with van der Waals surface area (Å²) >= 11 is 0. The molecule has 214 valence electrons. The van der Waals surface area contributed by atoms with Crippen molar-refractivity contribution in [1.29, 1.82) is 0 Å². The van der Waals surface area contributed by atoms with Gasteiger partial charge in [-0.2, -0.15) is 5.10 Å². The molecule has 3 aromatic heterocycles. The Labute approximate surface area is 240 Å². The predicted molar refractivity (Wildman–Crippen MR) is 156 cm³/mol. The number of hydrogen-bond donors (Lipinski definition) is 1. The number of amides is 1. The minimum Gasteiger partial charge on any atom is -0.508 e. The average molecular weight is 556 g/mol. The lowest BCUT2D eigenvalue weighted by Crippen LogP contribution is -2.36. The molecule has 0 saturated carbocycles. The van der Waals surface area contributed by atoms with Gasteiger partial charge in [-0.3, -0.25) is 14.5 Å². The predicted octanol–water partition coefficient (Wildman–Crippen LogP) is 5.23. The number of methoxy groups -OCH3 is 1. The third-order valence-corrected chi connectivity index (χ3v) is 7.43. The summed E-state index contributed by atoms with van der Waals surface area (Å²) in [5.74, 6) is 0.772. The standard InChI is InChI=1S/C32H37N5O4/c1-22(2)29-12-11-25(18-33-29)37(32(39)28-8-4-7-27-26(28)6-5-9-30(27)38)21-24-17-35-36(20-24)19-23-10-13-31(34-16-23)41-15-14-40-3/h5-6,9-13,16-18,20,22,28,38H,4,7-8,14-15,19,21H2,1-3H3. The highest BCUT2D eigenvalue weighted by molar-refractivity contribution is 5.98. The quantitative estimate of drug-likeness (QED) is 0.253. The number of phenols is 1. The minimum atomic E-state index is -0.332. The number of pyridine rings is 2. The molecule has 9 nitrogen and oxygen atoms in total. The molecular weight excluding hydrogens is 518 g/mol. The Morgan fingerprint density at radius 3 is 2.68 bits per heavy atom. The van der Waals surface area contributed by atoms with Crippen molar-refractivity contribution in [1.82, 2.24) is 19.7 Å². The third-order valence-electron chi connectivity index (χ3n) is 7.43. The van der Waals surface area contributed by atoms with E-state index in [2.05, 4.69) is 28.9 Å². The molecule has 41 heavy (non-hydrogen) atoms. The maximum Gasteiger partial charge on any atom is 0.234 e. The molecule has 3 heterocycles. The van der Waals surface area contributed by atoms with Gasteiger partial charge in [0.05, 0.1) is 43.7 Å². The van der Waals surface area contributed by atoms with Gasteiger partial charge in [-0.1, -0.05) is 32.0 Å². The molecule has 0 bridgehead atoms. The fraction of sp³-hybridized carbons (Fsp3) is 0.375. The van der Waals surface area contributed by atoms with Crippen LogP contribution in [0, 0.1) is 0 Å². The first-order valence-electron chi connectivity index (χ1n) is 14.1. The molecule has 1 aromatic carbocycles. The van der Waals surface area contributed by atoms with Crippen molar-refractivity contribution in [3.8, 4) is 11.6 Å². The van der Waals surface area contributed by atoms with Crippen molar-refractivity contribution in [2.24, 2.45) is 0 Å². The largest absolute Gasteiger partial charge is 0.508 e. The van der Waals surface area contributed by atoms with Crippen molar-refractivity contribution in [2.45, 2.75) is 58.0 Å². The number of phenolic OH excluding ortho intramolecular Hbond substituents is 1. The van der Waals surface area contributed by atoms with Crippen LogP contribution in [0.5, 0.6) is 11.6 Å². The number of carbonyl (C=O) groups is 1. The Hall–Kier alpha value is -4.24. The van der Waals surface area contributed by atoms with Crippen LogP contribution in [-0.2, 0) is 29.0 Å². The first-order valence-corrected chi connectivity index (χ1v) is 14.1. The summed E-state index contributed by atoms with van der Waals surface area (Å²) in [5.41, 5.74) is 5.40. The van der Waals surface area contributed by atoms with E-state index in [1.54, 1.807) is 36.7 Å². The second-order valence-electron chi connectivity index (χ2n) is 10.7. The van der Waals surface area contributed by atoms with Crippen molar-refractivity contribution < 1.29 is 19.4 Å². The normalized spacial score (nSPS) is 14.6. The number of ether oxygens (including phenoxy) is 2. The van der Waals surface area contributed by atoms with Crippen molar-refractivity contribution >= 4 is 11.6 Å². The van der Waals surface area contributed by atoms with E-state index in [1.165, 1.54) is 0 Å². The summed E-state index contributed by atoms with van der Waals surface area (Å²) in [6.45, 7) is 6.05. The van der Waals surface area contributed by atoms with Crippen LogP contribution in [0.4, 0.5) is 5.69 Å². The van der Waals surface area contributed by atoms with Gasteiger partial charge in [0, 0.05) is 36.8 Å². The Kier molecular flexibility index (Phi) is 8.94. The smallest absolute Gasteiger partial charge is 0.234 e. The molecule has 5 rings (SSSR count). The molecule has 1 unspecified atom stereocenters. The fourth-order valence-corrected chi connectivity index (χ4v) is 5.23. The van der Waals surface area contributed by atoms with Gasteiger partial charge in [-0.25, -0.2) is 4.98 Å². The molecule has 0 fully saturated rings. The van der Waals surface area contributed by atoms with E-state index in [9.17, 15) is 9.90 Å². The van der Waals surface area contributed by atoms with E-state index in [0.717, 1.165) is 52.9 Å². The second-order valence-corrected chi connectivity index (χ2v) is 10.7. The Morgan fingerprint density at radius 2 is 1.95 bits per heavy atom. The number of anilines is 1. The lowest BCUT2D eigenvalue weighted by molar-refractivity contribution is -0.120. The highest BCUT2D eigenvalue weighted by atomic mass is 16.5. The molecule has 0 spiro atoms. The maximum atomic E-state index is 14.2. The van der Waals surface area contributed by atoms with E-state index in [4.69, 9.17) is 9.47 Å². The molecule has 9 heteroatoms. The first kappa shape index (κ1) is 28.3. The molecule has 0 aliphatic heterocycles. The Bertz CT molecular complexity index is 1450. The van der Waals surface area contributed by atoms with Crippen molar-refractivity contribution in [2.75, 3.05) is 25.2 Å². The van der Waals surface area contributed by atoms with Gasteiger partial charge < -0.3 is 19.5 Å². The Balaban J connectivity index is 1.36. The maximum absolute atomic E-state index is 14.2. The van der Waals surface area contributed by atoms with Gasteiger partial charge in [0.15, 0.2) is 0 Å². The van der Waals surface area contributed by atoms with E-state index >= 15 is 0 Å². The van der Waals surface area contributed by atoms with Gasteiger partial charge in [0.25, 0.3) is 0 Å². The van der Waals surface area contributed by atoms with Gasteiger partial charge in [0.1, 0.15) is 12.4 Å². The van der Waals surface area contributed by atoms with Crippen LogP contribution >= 0.6 is 0 Å². The molecular formula is C32H37N5O4. The fourth-order valence-electron chi connectivity index (χ4n) is 5.23. The average Bonchev–Trinajstić information content (AvgIpc) is 3.43. The van der Waals surface area contributed by atoms with Crippen LogP contribution in [0.1, 0.15) is 66.5 Å². The number of nitrogens with zero attached hydrogens (tertiary/aromatic N) is 5. The highest BCUT2D eigenvalue weighted by Gasteiger charge is 2.32. The monoisotopic (exact) mass is 555 g/mol. The summed E-state index contributed by atoms with van der Waals surface area (Å²) in [6.07, 6.45) is 9.68. The molecule has 0 saturated heterocycles. The van der Waals surface area contributed by atoms with Gasteiger partial charge in [0.2, 0.25) is 11.8 Å². The number of benzene rings is 1. The summed E-state index contributed by atoms with van der Waals surface area (Å²) in [4.78, 5) is 25.0. The topological polar surface area (TPSA) is 103 Å². The molecule has 4 aromatic rings. The lowest BCUT2D eigenvalue weighted by atomic mass is 9.81. The zero-order valence-corrected chi connectivity index (χ0v) is 23.9. The second kappa shape index (κ2) is 13.0. The SMILES string of the molecule is COCCOc1ccc(Cn2cc(CN(C(=O)C3CCCc4c(O)cccc43)c3ccc(C(C)C)nc3)cn2)cn1. The zero-order chi connectivity index (χ0) is 28.8.